The van der Waals surface area contributed by atoms with Crippen LogP contribution >= 0.6 is 0 Å². The molecule has 0 aromatic carbocycles. The normalized spacial score (nSPS) is 20.8. The summed E-state index contributed by atoms with van der Waals surface area (Å²) in [5.74, 6) is 0.725. The molecule has 160 valence electrons. The first-order valence-corrected chi connectivity index (χ1v) is 11.7. The summed E-state index contributed by atoms with van der Waals surface area (Å²) in [7, 11) is -4.12. The summed E-state index contributed by atoms with van der Waals surface area (Å²) in [5.41, 5.74) is 0.0574. The maximum atomic E-state index is 13.0. The van der Waals surface area contributed by atoms with E-state index in [1.54, 1.807) is 30.5 Å². The predicted molar refractivity (Wildman–Crippen MR) is 115 cm³/mol. The minimum absolute atomic E-state index is 0.175. The maximum Gasteiger partial charge on any atom is 0.281 e. The number of sulfonamides is 1. The maximum absolute atomic E-state index is 13.0. The zero-order valence-electron chi connectivity index (χ0n) is 17.4. The third-order valence-corrected chi connectivity index (χ3v) is 6.75. The lowest BCUT2D eigenvalue weighted by Gasteiger charge is -2.33. The second-order valence-corrected chi connectivity index (χ2v) is 10.5. The van der Waals surface area contributed by atoms with Gasteiger partial charge in [0.05, 0.1) is 5.56 Å². The molecule has 1 atom stereocenters. The molecule has 1 saturated carbocycles. The van der Waals surface area contributed by atoms with E-state index >= 15 is 0 Å². The van der Waals surface area contributed by atoms with Crippen LogP contribution in [0.5, 0.6) is 0 Å². The van der Waals surface area contributed by atoms with Crippen LogP contribution in [0.2, 0.25) is 0 Å². The van der Waals surface area contributed by atoms with Gasteiger partial charge in [0.25, 0.3) is 15.9 Å². The Morgan fingerprint density at radius 3 is 2.63 bits per heavy atom. The molecule has 1 unspecified atom stereocenters. The molecule has 1 amide bonds. The van der Waals surface area contributed by atoms with Gasteiger partial charge in [-0.25, -0.2) is 14.7 Å². The Hall–Kier alpha value is -2.68. The van der Waals surface area contributed by atoms with E-state index in [9.17, 15) is 13.2 Å². The van der Waals surface area contributed by atoms with E-state index in [0.29, 0.717) is 23.6 Å². The summed E-state index contributed by atoms with van der Waals surface area (Å²) in [5, 5.41) is 2.98. The minimum atomic E-state index is -4.12. The SMILES string of the molecule is CC1CN(c2ncccc2C(=O)NS(=O)(=O)c2cccc(NC3CC3)n2)C(C)(C)C1. The lowest BCUT2D eigenvalue weighted by molar-refractivity contribution is 0.0981. The molecule has 9 heteroatoms. The van der Waals surface area contributed by atoms with Crippen molar-refractivity contribution in [3.8, 4) is 0 Å². The number of hydrogen-bond acceptors (Lipinski definition) is 7. The van der Waals surface area contributed by atoms with Gasteiger partial charge in [0.15, 0.2) is 5.03 Å². The number of rotatable bonds is 6. The van der Waals surface area contributed by atoms with E-state index in [-0.39, 0.29) is 16.1 Å². The van der Waals surface area contributed by atoms with E-state index in [1.165, 1.54) is 6.07 Å². The largest absolute Gasteiger partial charge is 0.367 e. The van der Waals surface area contributed by atoms with Gasteiger partial charge in [-0.15, -0.1) is 0 Å². The highest BCUT2D eigenvalue weighted by atomic mass is 32.2. The Morgan fingerprint density at radius 2 is 1.97 bits per heavy atom. The first-order chi connectivity index (χ1) is 14.2. The van der Waals surface area contributed by atoms with Gasteiger partial charge in [-0.05, 0) is 63.3 Å². The third-order valence-electron chi connectivity index (χ3n) is 5.52. The molecule has 0 spiro atoms. The van der Waals surface area contributed by atoms with E-state index in [1.807, 2.05) is 0 Å². The Kier molecular flexibility index (Phi) is 5.17. The predicted octanol–water partition coefficient (Wildman–Crippen LogP) is 2.79. The number of hydrogen-bond donors (Lipinski definition) is 2. The fourth-order valence-corrected chi connectivity index (χ4v) is 4.99. The highest BCUT2D eigenvalue weighted by molar-refractivity contribution is 7.90. The van der Waals surface area contributed by atoms with Crippen LogP contribution in [-0.4, -0.2) is 42.4 Å². The molecule has 8 nitrogen and oxygen atoms in total. The van der Waals surface area contributed by atoms with Crippen LogP contribution < -0.4 is 14.9 Å². The topological polar surface area (TPSA) is 104 Å². The van der Waals surface area contributed by atoms with Crippen molar-refractivity contribution in [1.82, 2.24) is 14.7 Å². The van der Waals surface area contributed by atoms with Crippen LogP contribution in [0.25, 0.3) is 0 Å². The molecule has 2 aromatic rings. The molecule has 30 heavy (non-hydrogen) atoms. The second-order valence-electron chi connectivity index (χ2n) is 8.82. The molecular formula is C21H27N5O3S. The fourth-order valence-electron chi connectivity index (χ4n) is 4.06. The van der Waals surface area contributed by atoms with Crippen LogP contribution in [0.4, 0.5) is 11.6 Å². The number of carbonyl (C=O) groups excluding carboxylic acids is 1. The van der Waals surface area contributed by atoms with Crippen molar-refractivity contribution in [3.63, 3.8) is 0 Å². The van der Waals surface area contributed by atoms with Gasteiger partial charge in [-0.3, -0.25) is 4.79 Å². The van der Waals surface area contributed by atoms with Gasteiger partial charge >= 0.3 is 0 Å². The molecule has 4 rings (SSSR count). The van der Waals surface area contributed by atoms with E-state index < -0.39 is 15.9 Å². The van der Waals surface area contributed by atoms with Crippen LogP contribution in [0.15, 0.2) is 41.6 Å². The highest BCUT2D eigenvalue weighted by Gasteiger charge is 2.39. The molecule has 1 aliphatic heterocycles. The Balaban J connectivity index is 1.58. The average Bonchev–Trinajstić information content (AvgIpc) is 3.44. The van der Waals surface area contributed by atoms with Crippen molar-refractivity contribution < 1.29 is 13.2 Å². The zero-order chi connectivity index (χ0) is 21.5. The van der Waals surface area contributed by atoms with Crippen molar-refractivity contribution in [2.45, 2.75) is 56.6 Å². The molecule has 0 bridgehead atoms. The third kappa shape index (κ3) is 4.26. The number of nitrogens with zero attached hydrogens (tertiary/aromatic N) is 3. The van der Waals surface area contributed by atoms with Crippen LogP contribution in [0.3, 0.4) is 0 Å². The summed E-state index contributed by atoms with van der Waals surface area (Å²) in [6.45, 7) is 7.12. The molecular weight excluding hydrogens is 402 g/mol. The van der Waals surface area contributed by atoms with Gasteiger partial charge in [0, 0.05) is 24.3 Å². The van der Waals surface area contributed by atoms with Crippen molar-refractivity contribution in [2.24, 2.45) is 5.92 Å². The number of anilines is 2. The quantitative estimate of drug-likeness (QED) is 0.727. The number of pyridine rings is 2. The first kappa shape index (κ1) is 20.6. The molecule has 2 aliphatic rings. The minimum Gasteiger partial charge on any atom is -0.367 e. The number of carbonyl (C=O) groups is 1. The van der Waals surface area contributed by atoms with Crippen molar-refractivity contribution >= 4 is 27.6 Å². The summed E-state index contributed by atoms with van der Waals surface area (Å²) >= 11 is 0. The van der Waals surface area contributed by atoms with Crippen molar-refractivity contribution in [1.29, 1.82) is 0 Å². The number of nitrogens with one attached hydrogen (secondary N) is 2. The highest BCUT2D eigenvalue weighted by Crippen LogP contribution is 2.37. The van der Waals surface area contributed by atoms with E-state index in [2.05, 4.69) is 45.7 Å². The van der Waals surface area contributed by atoms with E-state index in [0.717, 1.165) is 25.8 Å². The monoisotopic (exact) mass is 429 g/mol. The van der Waals surface area contributed by atoms with Crippen LogP contribution in [0.1, 0.15) is 50.4 Å². The fraction of sp³-hybridized carbons (Fsp3) is 0.476. The summed E-state index contributed by atoms with van der Waals surface area (Å²) in [6, 6.07) is 8.29. The lowest BCUT2D eigenvalue weighted by atomic mass is 9.97. The molecule has 2 aromatic heterocycles. The molecule has 0 radical (unpaired) electrons. The second kappa shape index (κ2) is 7.54. The van der Waals surface area contributed by atoms with Gasteiger partial charge in [0.2, 0.25) is 0 Å². The molecule has 1 aliphatic carbocycles. The summed E-state index contributed by atoms with van der Waals surface area (Å²) in [6.07, 6.45) is 4.68. The summed E-state index contributed by atoms with van der Waals surface area (Å²) in [4.78, 5) is 23.6. The van der Waals surface area contributed by atoms with Crippen LogP contribution in [-0.2, 0) is 10.0 Å². The van der Waals surface area contributed by atoms with E-state index in [4.69, 9.17) is 0 Å². The van der Waals surface area contributed by atoms with Gasteiger partial charge in [-0.1, -0.05) is 13.0 Å². The lowest BCUT2D eigenvalue weighted by Crippen LogP contribution is -2.41. The molecule has 2 N–H and O–H groups in total. The smallest absolute Gasteiger partial charge is 0.281 e. The van der Waals surface area contributed by atoms with Gasteiger partial charge in [0.1, 0.15) is 11.6 Å². The first-order valence-electron chi connectivity index (χ1n) is 10.2. The number of amides is 1. The molecule has 3 heterocycles. The molecule has 1 saturated heterocycles. The zero-order valence-corrected chi connectivity index (χ0v) is 18.2. The van der Waals surface area contributed by atoms with Crippen molar-refractivity contribution in [2.75, 3.05) is 16.8 Å². The van der Waals surface area contributed by atoms with Crippen molar-refractivity contribution in [3.05, 3.63) is 42.1 Å². The standard InChI is InChI=1S/C21H27N5O3S/c1-14-12-21(2,3)26(13-14)19-16(6-5-11-22-19)20(27)25-30(28,29)18-8-4-7-17(24-18)23-15-9-10-15/h4-8,11,14-15H,9-10,12-13H2,1-3H3,(H,23,24)(H,25,27). The molecule has 2 fully saturated rings. The Labute approximate surface area is 177 Å². The number of aromatic nitrogens is 2. The Bertz CT molecular complexity index is 1070. The Morgan fingerprint density at radius 1 is 1.20 bits per heavy atom. The van der Waals surface area contributed by atoms with Gasteiger partial charge in [-0.2, -0.15) is 8.42 Å². The summed E-state index contributed by atoms with van der Waals surface area (Å²) < 4.78 is 27.8. The van der Waals surface area contributed by atoms with Gasteiger partial charge < -0.3 is 10.2 Å². The average molecular weight is 430 g/mol. The van der Waals surface area contributed by atoms with Crippen LogP contribution in [0, 0.1) is 5.92 Å².